The summed E-state index contributed by atoms with van der Waals surface area (Å²) in [7, 11) is 0. The van der Waals surface area contributed by atoms with Gasteiger partial charge in [0, 0.05) is 2.85 Å². The molecule has 142 valence electrons. The SMILES string of the molecule is CC1CCC(c2ccc(-c3ccc(C4CCC(C)CC4)cc3)cc2)CC1.[HH].[HH]. The molecule has 2 aromatic carbocycles. The van der Waals surface area contributed by atoms with E-state index in [4.69, 9.17) is 0 Å². The molecule has 26 heavy (non-hydrogen) atoms. The maximum Gasteiger partial charge on any atom is 0 e. The van der Waals surface area contributed by atoms with Gasteiger partial charge in [-0.25, -0.2) is 0 Å². The van der Waals surface area contributed by atoms with E-state index in [2.05, 4.69) is 62.4 Å². The van der Waals surface area contributed by atoms with Crippen LogP contribution in [-0.4, -0.2) is 0 Å². The van der Waals surface area contributed by atoms with Gasteiger partial charge in [0.25, 0.3) is 0 Å². The van der Waals surface area contributed by atoms with Gasteiger partial charge in [0.1, 0.15) is 0 Å². The zero-order chi connectivity index (χ0) is 17.9. The smallest absolute Gasteiger partial charge is 0 e. The summed E-state index contributed by atoms with van der Waals surface area (Å²) < 4.78 is 0. The van der Waals surface area contributed by atoms with Crippen LogP contribution >= 0.6 is 0 Å². The number of rotatable bonds is 3. The fraction of sp³-hybridized carbons (Fsp3) is 0.538. The molecular formula is C26H38. The zero-order valence-corrected chi connectivity index (χ0v) is 16.6. The molecule has 0 heterocycles. The molecule has 0 saturated heterocycles. The minimum absolute atomic E-state index is 0. The summed E-state index contributed by atoms with van der Waals surface area (Å²) in [6.45, 7) is 4.80. The first-order chi connectivity index (χ1) is 12.7. The summed E-state index contributed by atoms with van der Waals surface area (Å²) in [5.41, 5.74) is 5.82. The maximum atomic E-state index is 2.40. The standard InChI is InChI=1S/C26H34.2H2/c1-19-3-7-21(8-4-19)23-11-15-25(16-12-23)26-17-13-24(14-18-26)22-9-5-20(2)6-10-22;;/h11-22H,3-10H2,1-2H3;2*1H. The fourth-order valence-corrected chi connectivity index (χ4v) is 5.08. The van der Waals surface area contributed by atoms with Crippen molar-refractivity contribution >= 4 is 0 Å². The molecule has 2 aliphatic carbocycles. The third-order valence-electron chi connectivity index (χ3n) is 7.13. The average molecular weight is 351 g/mol. The van der Waals surface area contributed by atoms with Crippen molar-refractivity contribution in [3.8, 4) is 11.1 Å². The molecule has 2 aromatic rings. The summed E-state index contributed by atoms with van der Waals surface area (Å²) in [6.07, 6.45) is 11.1. The normalized spacial score (nSPS) is 29.5. The van der Waals surface area contributed by atoms with E-state index in [1.54, 1.807) is 11.1 Å². The van der Waals surface area contributed by atoms with Crippen LogP contribution in [0.15, 0.2) is 48.5 Å². The van der Waals surface area contributed by atoms with Gasteiger partial charge in [-0.3, -0.25) is 0 Å². The van der Waals surface area contributed by atoms with Gasteiger partial charge >= 0.3 is 0 Å². The lowest BCUT2D eigenvalue weighted by Crippen LogP contribution is -2.10. The van der Waals surface area contributed by atoms with Crippen LogP contribution in [0.25, 0.3) is 11.1 Å². The molecule has 0 aromatic heterocycles. The third-order valence-corrected chi connectivity index (χ3v) is 7.13. The number of hydrogen-bond donors (Lipinski definition) is 0. The Hall–Kier alpha value is -1.56. The quantitative estimate of drug-likeness (QED) is 0.521. The van der Waals surface area contributed by atoms with Crippen LogP contribution in [0.1, 0.15) is 91.0 Å². The summed E-state index contributed by atoms with van der Waals surface area (Å²) in [4.78, 5) is 0. The van der Waals surface area contributed by atoms with Crippen LogP contribution in [-0.2, 0) is 0 Å². The Labute approximate surface area is 163 Å². The molecular weight excluding hydrogens is 312 g/mol. The topological polar surface area (TPSA) is 0 Å². The Bertz CT molecular complexity index is 625. The van der Waals surface area contributed by atoms with Crippen LogP contribution in [0.4, 0.5) is 0 Å². The van der Waals surface area contributed by atoms with Gasteiger partial charge in [-0.1, -0.05) is 88.1 Å². The Kier molecular flexibility index (Phi) is 5.48. The lowest BCUT2D eigenvalue weighted by molar-refractivity contribution is 0.348. The second-order valence-electron chi connectivity index (χ2n) is 9.16. The molecule has 4 rings (SSSR count). The highest BCUT2D eigenvalue weighted by atomic mass is 14.3. The van der Waals surface area contributed by atoms with Gasteiger partial charge in [-0.15, -0.1) is 0 Å². The van der Waals surface area contributed by atoms with Crippen molar-refractivity contribution in [3.05, 3.63) is 59.7 Å². The molecule has 0 unspecified atom stereocenters. The molecule has 0 nitrogen and oxygen atoms in total. The largest absolute Gasteiger partial charge is 0.0625 e. The molecule has 0 heteroatoms. The molecule has 2 aliphatic rings. The van der Waals surface area contributed by atoms with Crippen LogP contribution in [0.5, 0.6) is 0 Å². The van der Waals surface area contributed by atoms with E-state index < -0.39 is 0 Å². The Morgan fingerprint density at radius 2 is 0.808 bits per heavy atom. The number of hydrogen-bond acceptors (Lipinski definition) is 0. The van der Waals surface area contributed by atoms with E-state index in [0.29, 0.717) is 0 Å². The van der Waals surface area contributed by atoms with Crippen LogP contribution in [0.2, 0.25) is 0 Å². The Morgan fingerprint density at radius 3 is 1.12 bits per heavy atom. The van der Waals surface area contributed by atoms with Crippen molar-refractivity contribution in [1.82, 2.24) is 0 Å². The summed E-state index contributed by atoms with van der Waals surface area (Å²) in [5, 5.41) is 0. The van der Waals surface area contributed by atoms with E-state index in [1.807, 2.05) is 0 Å². The summed E-state index contributed by atoms with van der Waals surface area (Å²) in [5.74, 6) is 3.43. The van der Waals surface area contributed by atoms with E-state index in [-0.39, 0.29) is 2.85 Å². The first-order valence-corrected chi connectivity index (χ1v) is 10.9. The fourth-order valence-electron chi connectivity index (χ4n) is 5.08. The molecule has 0 aliphatic heterocycles. The van der Waals surface area contributed by atoms with Crippen molar-refractivity contribution in [3.63, 3.8) is 0 Å². The molecule has 2 saturated carbocycles. The van der Waals surface area contributed by atoms with Gasteiger partial charge in [-0.05, 0) is 71.6 Å². The molecule has 0 amide bonds. The first kappa shape index (κ1) is 17.8. The van der Waals surface area contributed by atoms with E-state index in [1.165, 1.54) is 62.5 Å². The molecule has 2 fully saturated rings. The van der Waals surface area contributed by atoms with Gasteiger partial charge in [0.15, 0.2) is 0 Å². The Balaban J connectivity index is 0.00000140. The van der Waals surface area contributed by atoms with Crippen molar-refractivity contribution in [2.75, 3.05) is 0 Å². The third kappa shape index (κ3) is 4.05. The van der Waals surface area contributed by atoms with E-state index in [0.717, 1.165) is 23.7 Å². The predicted octanol–water partition coefficient (Wildman–Crippen LogP) is 8.43. The zero-order valence-electron chi connectivity index (χ0n) is 16.6. The van der Waals surface area contributed by atoms with Crippen LogP contribution < -0.4 is 0 Å². The predicted molar refractivity (Wildman–Crippen MR) is 117 cm³/mol. The highest BCUT2D eigenvalue weighted by Gasteiger charge is 2.20. The van der Waals surface area contributed by atoms with E-state index >= 15 is 0 Å². The maximum absolute atomic E-state index is 2.40. The molecule has 0 atom stereocenters. The summed E-state index contributed by atoms with van der Waals surface area (Å²) >= 11 is 0. The van der Waals surface area contributed by atoms with E-state index in [9.17, 15) is 0 Å². The van der Waals surface area contributed by atoms with Crippen molar-refractivity contribution in [2.24, 2.45) is 11.8 Å². The van der Waals surface area contributed by atoms with Crippen LogP contribution in [0.3, 0.4) is 0 Å². The number of benzene rings is 2. The minimum atomic E-state index is 0. The van der Waals surface area contributed by atoms with Crippen molar-refractivity contribution in [1.29, 1.82) is 0 Å². The van der Waals surface area contributed by atoms with Gasteiger partial charge < -0.3 is 0 Å². The monoisotopic (exact) mass is 350 g/mol. The minimum Gasteiger partial charge on any atom is -0.0625 e. The molecule has 0 spiro atoms. The van der Waals surface area contributed by atoms with Gasteiger partial charge in [0.2, 0.25) is 0 Å². The molecule has 0 radical (unpaired) electrons. The lowest BCUT2D eigenvalue weighted by atomic mass is 9.79. The van der Waals surface area contributed by atoms with Crippen molar-refractivity contribution < 1.29 is 2.85 Å². The van der Waals surface area contributed by atoms with Gasteiger partial charge in [-0.2, -0.15) is 0 Å². The highest BCUT2D eigenvalue weighted by molar-refractivity contribution is 5.64. The highest BCUT2D eigenvalue weighted by Crippen LogP contribution is 2.37. The second-order valence-corrected chi connectivity index (χ2v) is 9.16. The van der Waals surface area contributed by atoms with Crippen molar-refractivity contribution in [2.45, 2.75) is 77.0 Å². The lowest BCUT2D eigenvalue weighted by Gasteiger charge is -2.27. The molecule has 0 N–H and O–H groups in total. The summed E-state index contributed by atoms with van der Waals surface area (Å²) in [6, 6.07) is 18.9. The Morgan fingerprint density at radius 1 is 0.500 bits per heavy atom. The average Bonchev–Trinajstić information content (AvgIpc) is 2.70. The second kappa shape index (κ2) is 7.99. The molecule has 0 bridgehead atoms. The van der Waals surface area contributed by atoms with Gasteiger partial charge in [0.05, 0.1) is 0 Å². The van der Waals surface area contributed by atoms with Crippen LogP contribution in [0, 0.1) is 11.8 Å². The first-order valence-electron chi connectivity index (χ1n) is 10.9.